The first-order chi connectivity index (χ1) is 12.2. The molecule has 6 heteroatoms. The Kier molecular flexibility index (Phi) is 6.51. The second-order valence-electron chi connectivity index (χ2n) is 7.89. The van der Waals surface area contributed by atoms with Crippen LogP contribution in [-0.2, 0) is 9.53 Å². The maximum atomic E-state index is 11.8. The van der Waals surface area contributed by atoms with Crippen LogP contribution in [0.3, 0.4) is 0 Å². The third kappa shape index (κ3) is 5.38. The summed E-state index contributed by atoms with van der Waals surface area (Å²) in [6.45, 7) is 9.72. The highest BCUT2D eigenvalue weighted by Crippen LogP contribution is 2.38. The minimum atomic E-state index is -0.533. The molecule has 144 valence electrons. The number of carbonyl (C=O) groups is 2. The van der Waals surface area contributed by atoms with Crippen molar-refractivity contribution in [2.24, 2.45) is 0 Å². The lowest BCUT2D eigenvalue weighted by Gasteiger charge is -2.26. The minimum Gasteiger partial charge on any atom is -0.491 e. The van der Waals surface area contributed by atoms with Crippen LogP contribution in [0, 0.1) is 0 Å². The summed E-state index contributed by atoms with van der Waals surface area (Å²) in [5.41, 5.74) is 0.475. The molecule has 0 bridgehead atoms. The number of alkyl carbamates (subject to hydrolysis) is 1. The molecule has 1 heterocycles. The van der Waals surface area contributed by atoms with Crippen LogP contribution >= 0.6 is 0 Å². The molecule has 2 amide bonds. The number of benzene rings is 1. The van der Waals surface area contributed by atoms with E-state index in [0.717, 1.165) is 30.6 Å². The number of ether oxygens (including phenoxy) is 2. The largest absolute Gasteiger partial charge is 0.491 e. The molecule has 0 aromatic heterocycles. The number of nitrogens with zero attached hydrogens (tertiary/aromatic N) is 1. The Balaban J connectivity index is 1.98. The first-order valence-corrected chi connectivity index (χ1v) is 9.15. The summed E-state index contributed by atoms with van der Waals surface area (Å²) in [6, 6.07) is 7.83. The first-order valence-electron chi connectivity index (χ1n) is 9.15. The average molecular weight is 362 g/mol. The van der Waals surface area contributed by atoms with Crippen LogP contribution < -0.4 is 10.1 Å². The van der Waals surface area contributed by atoms with Gasteiger partial charge >= 0.3 is 6.09 Å². The SMILES string of the molecule is CC(COc1ccccc1C1CCC(C)N1C=O)NC(=O)OC(C)(C)C. The molecule has 6 nitrogen and oxygen atoms in total. The zero-order chi connectivity index (χ0) is 19.3. The number of para-hydroxylation sites is 1. The Hall–Kier alpha value is -2.24. The molecular formula is C20H30N2O4. The van der Waals surface area contributed by atoms with Crippen LogP contribution in [0.25, 0.3) is 0 Å². The fraction of sp³-hybridized carbons (Fsp3) is 0.600. The number of nitrogens with one attached hydrogen (secondary N) is 1. The Morgan fingerprint density at radius 3 is 2.69 bits per heavy atom. The van der Waals surface area contributed by atoms with E-state index < -0.39 is 11.7 Å². The Morgan fingerprint density at radius 2 is 2.04 bits per heavy atom. The number of hydrogen-bond acceptors (Lipinski definition) is 4. The third-order valence-corrected chi connectivity index (χ3v) is 4.38. The van der Waals surface area contributed by atoms with Gasteiger partial charge in [-0.25, -0.2) is 4.79 Å². The highest BCUT2D eigenvalue weighted by molar-refractivity contribution is 5.68. The van der Waals surface area contributed by atoms with Crippen molar-refractivity contribution in [1.82, 2.24) is 10.2 Å². The molecule has 0 spiro atoms. The smallest absolute Gasteiger partial charge is 0.407 e. The normalized spacial score (nSPS) is 21.2. The van der Waals surface area contributed by atoms with Gasteiger partial charge in [0.25, 0.3) is 0 Å². The number of rotatable bonds is 6. The van der Waals surface area contributed by atoms with Crippen molar-refractivity contribution in [2.75, 3.05) is 6.61 Å². The fourth-order valence-electron chi connectivity index (χ4n) is 3.15. The van der Waals surface area contributed by atoms with E-state index in [9.17, 15) is 9.59 Å². The van der Waals surface area contributed by atoms with Crippen LogP contribution in [0.15, 0.2) is 24.3 Å². The zero-order valence-electron chi connectivity index (χ0n) is 16.3. The number of amides is 2. The van der Waals surface area contributed by atoms with Crippen LogP contribution in [-0.4, -0.2) is 41.7 Å². The second kappa shape index (κ2) is 8.43. The van der Waals surface area contributed by atoms with Gasteiger partial charge in [-0.2, -0.15) is 0 Å². The predicted molar refractivity (Wildman–Crippen MR) is 100 cm³/mol. The lowest BCUT2D eigenvalue weighted by Crippen LogP contribution is -2.40. The van der Waals surface area contributed by atoms with Crippen LogP contribution in [0.1, 0.15) is 59.1 Å². The molecular weight excluding hydrogens is 332 g/mol. The molecule has 1 aromatic carbocycles. The molecule has 0 aliphatic carbocycles. The van der Waals surface area contributed by atoms with Gasteiger partial charge in [0.1, 0.15) is 18.0 Å². The van der Waals surface area contributed by atoms with Gasteiger partial charge in [0.15, 0.2) is 0 Å². The highest BCUT2D eigenvalue weighted by Gasteiger charge is 2.32. The van der Waals surface area contributed by atoms with Gasteiger partial charge in [-0.1, -0.05) is 18.2 Å². The molecule has 3 atom stereocenters. The van der Waals surface area contributed by atoms with Crippen molar-refractivity contribution < 1.29 is 19.1 Å². The van der Waals surface area contributed by atoms with Gasteiger partial charge in [0, 0.05) is 11.6 Å². The van der Waals surface area contributed by atoms with Crippen LogP contribution in [0.2, 0.25) is 0 Å². The Bertz CT molecular complexity index is 626. The average Bonchev–Trinajstić information content (AvgIpc) is 2.91. The molecule has 1 aromatic rings. The summed E-state index contributed by atoms with van der Waals surface area (Å²) in [4.78, 5) is 25.1. The van der Waals surface area contributed by atoms with Crippen LogP contribution in [0.4, 0.5) is 4.79 Å². The van der Waals surface area contributed by atoms with Gasteiger partial charge in [0.2, 0.25) is 6.41 Å². The predicted octanol–water partition coefficient (Wildman–Crippen LogP) is 3.66. The maximum Gasteiger partial charge on any atom is 0.407 e. The third-order valence-electron chi connectivity index (χ3n) is 4.38. The molecule has 1 aliphatic rings. The Morgan fingerprint density at radius 1 is 1.35 bits per heavy atom. The van der Waals surface area contributed by atoms with E-state index >= 15 is 0 Å². The van der Waals surface area contributed by atoms with E-state index in [1.54, 1.807) is 0 Å². The number of hydrogen-bond donors (Lipinski definition) is 1. The summed E-state index contributed by atoms with van der Waals surface area (Å²) in [6.07, 6.45) is 2.37. The summed E-state index contributed by atoms with van der Waals surface area (Å²) < 4.78 is 11.2. The quantitative estimate of drug-likeness (QED) is 0.784. The summed E-state index contributed by atoms with van der Waals surface area (Å²) in [5.74, 6) is 0.747. The second-order valence-corrected chi connectivity index (χ2v) is 7.89. The summed E-state index contributed by atoms with van der Waals surface area (Å²) in [5, 5.41) is 2.77. The monoisotopic (exact) mass is 362 g/mol. The summed E-state index contributed by atoms with van der Waals surface area (Å²) >= 11 is 0. The van der Waals surface area contributed by atoms with Gasteiger partial charge in [-0.15, -0.1) is 0 Å². The first kappa shape index (κ1) is 20.1. The maximum absolute atomic E-state index is 11.8. The van der Waals surface area contributed by atoms with Crippen molar-refractivity contribution in [1.29, 1.82) is 0 Å². The molecule has 0 radical (unpaired) electrons. The van der Waals surface area contributed by atoms with Gasteiger partial charge in [0.05, 0.1) is 12.1 Å². The van der Waals surface area contributed by atoms with Crippen molar-refractivity contribution >= 4 is 12.5 Å². The van der Waals surface area contributed by atoms with Crippen molar-refractivity contribution in [3.63, 3.8) is 0 Å². The molecule has 1 fully saturated rings. The number of likely N-dealkylation sites (tertiary alicyclic amines) is 1. The standard InChI is InChI=1S/C20H30N2O4/c1-14(21-19(24)26-20(3,4)5)12-25-18-9-7-6-8-16(18)17-11-10-15(2)22(17)13-23/h6-9,13-15,17H,10-12H2,1-5H3,(H,21,24). The lowest BCUT2D eigenvalue weighted by molar-refractivity contribution is -0.120. The summed E-state index contributed by atoms with van der Waals surface area (Å²) in [7, 11) is 0. The topological polar surface area (TPSA) is 67.9 Å². The van der Waals surface area contributed by atoms with E-state index in [4.69, 9.17) is 9.47 Å². The molecule has 1 N–H and O–H groups in total. The van der Waals surface area contributed by atoms with E-state index in [-0.39, 0.29) is 18.1 Å². The van der Waals surface area contributed by atoms with Gasteiger partial charge in [-0.05, 0) is 53.5 Å². The molecule has 26 heavy (non-hydrogen) atoms. The van der Waals surface area contributed by atoms with Crippen molar-refractivity contribution in [3.05, 3.63) is 29.8 Å². The van der Waals surface area contributed by atoms with E-state index in [0.29, 0.717) is 6.61 Å². The fourth-order valence-corrected chi connectivity index (χ4v) is 3.15. The molecule has 3 unspecified atom stereocenters. The minimum absolute atomic E-state index is 0.0350. The lowest BCUT2D eigenvalue weighted by atomic mass is 10.0. The van der Waals surface area contributed by atoms with Crippen molar-refractivity contribution in [3.8, 4) is 5.75 Å². The number of carbonyl (C=O) groups excluding carboxylic acids is 2. The van der Waals surface area contributed by atoms with Crippen molar-refractivity contribution in [2.45, 2.75) is 71.2 Å². The van der Waals surface area contributed by atoms with Gasteiger partial charge < -0.3 is 19.7 Å². The Labute approximate surface area is 155 Å². The highest BCUT2D eigenvalue weighted by atomic mass is 16.6. The van der Waals surface area contributed by atoms with Gasteiger partial charge in [-0.3, -0.25) is 4.79 Å². The van der Waals surface area contributed by atoms with E-state index in [1.807, 2.05) is 56.9 Å². The molecule has 2 rings (SSSR count). The molecule has 1 saturated heterocycles. The zero-order valence-corrected chi connectivity index (χ0v) is 16.3. The molecule has 1 aliphatic heterocycles. The molecule has 0 saturated carbocycles. The van der Waals surface area contributed by atoms with Crippen LogP contribution in [0.5, 0.6) is 5.75 Å². The van der Waals surface area contributed by atoms with E-state index in [1.165, 1.54) is 0 Å². The van der Waals surface area contributed by atoms with E-state index in [2.05, 4.69) is 12.2 Å².